The Morgan fingerprint density at radius 2 is 1.82 bits per heavy atom. The molecule has 90 valence electrons. The third kappa shape index (κ3) is 8.12. The molecule has 17 heavy (non-hydrogen) atoms. The second kappa shape index (κ2) is 8.44. The number of aliphatic carboxylic acids is 1. The van der Waals surface area contributed by atoms with Gasteiger partial charge in [0.25, 0.3) is 0 Å². The van der Waals surface area contributed by atoms with Gasteiger partial charge in [0.05, 0.1) is 5.54 Å². The van der Waals surface area contributed by atoms with Gasteiger partial charge < -0.3 is 15.2 Å². The second-order valence-corrected chi connectivity index (χ2v) is 3.97. The van der Waals surface area contributed by atoms with Crippen LogP contribution in [0.15, 0.2) is 12.7 Å². The predicted molar refractivity (Wildman–Crippen MR) is 56.3 cm³/mol. The van der Waals surface area contributed by atoms with Crippen molar-refractivity contribution in [3.63, 3.8) is 0 Å². The van der Waals surface area contributed by atoms with Crippen LogP contribution in [0.1, 0.15) is 33.1 Å². The fourth-order valence-electron chi connectivity index (χ4n) is 1.13. The molecule has 6 heteroatoms. The summed E-state index contributed by atoms with van der Waals surface area (Å²) in [5.41, 5.74) is -1.00. The van der Waals surface area contributed by atoms with Crippen LogP contribution in [0.5, 0.6) is 0 Å². The van der Waals surface area contributed by atoms with Gasteiger partial charge in [-0.25, -0.2) is 0 Å². The van der Waals surface area contributed by atoms with Crippen molar-refractivity contribution in [2.45, 2.75) is 38.6 Å². The number of carbonyl (C=O) groups is 3. The number of Topliss-reactive ketones (excluding diaryl/α,β-unsaturated/α-hetero) is 1. The molecule has 0 aromatic carbocycles. The Morgan fingerprint density at radius 1 is 1.29 bits per heavy atom. The molecule has 0 spiro atoms. The Morgan fingerprint density at radius 3 is 2.24 bits per heavy atom. The Hall–Kier alpha value is -0.650. The van der Waals surface area contributed by atoms with Gasteiger partial charge in [-0.1, -0.05) is 6.58 Å². The van der Waals surface area contributed by atoms with Gasteiger partial charge in [0.1, 0.15) is 0 Å². The molecular weight excluding hydrogens is 233 g/mol. The molecule has 0 aliphatic rings. The molecule has 0 radical (unpaired) electrons. The normalized spacial score (nSPS) is 10.0. The van der Waals surface area contributed by atoms with Gasteiger partial charge in [-0.3, -0.25) is 9.59 Å². The SMILES string of the molecule is C=CC(=O)NC(C)(C)C(=O)CCCC(=O)[O-].[Na+]. The third-order valence-corrected chi connectivity index (χ3v) is 2.10. The van der Waals surface area contributed by atoms with E-state index in [-0.39, 0.29) is 54.6 Å². The van der Waals surface area contributed by atoms with Gasteiger partial charge in [0, 0.05) is 12.4 Å². The molecule has 0 aromatic rings. The van der Waals surface area contributed by atoms with Crippen LogP contribution in [0.25, 0.3) is 0 Å². The number of nitrogens with one attached hydrogen (secondary N) is 1. The Bertz CT molecular complexity index is 313. The molecule has 1 amide bonds. The minimum absolute atomic E-state index is 0. The summed E-state index contributed by atoms with van der Waals surface area (Å²) in [6, 6.07) is 0. The Kier molecular flexibility index (Phi) is 9.29. The summed E-state index contributed by atoms with van der Waals surface area (Å²) in [5.74, 6) is -1.83. The predicted octanol–water partition coefficient (Wildman–Crippen LogP) is -3.44. The van der Waals surface area contributed by atoms with Gasteiger partial charge in [-0.15, -0.1) is 0 Å². The quantitative estimate of drug-likeness (QED) is 0.376. The molecule has 5 nitrogen and oxygen atoms in total. The first-order chi connectivity index (χ1) is 7.29. The van der Waals surface area contributed by atoms with E-state index in [0.29, 0.717) is 0 Å². The number of amides is 1. The van der Waals surface area contributed by atoms with Gasteiger partial charge in [0.15, 0.2) is 5.78 Å². The smallest absolute Gasteiger partial charge is 0.550 e. The van der Waals surface area contributed by atoms with Crippen LogP contribution >= 0.6 is 0 Å². The number of carboxylic acid groups (broad SMARTS) is 1. The fraction of sp³-hybridized carbons (Fsp3) is 0.545. The third-order valence-electron chi connectivity index (χ3n) is 2.10. The van der Waals surface area contributed by atoms with Crippen LogP contribution in [0, 0.1) is 0 Å². The average Bonchev–Trinajstić information content (AvgIpc) is 2.16. The number of carbonyl (C=O) groups excluding carboxylic acids is 3. The Labute approximate surface area is 123 Å². The second-order valence-electron chi connectivity index (χ2n) is 3.97. The van der Waals surface area contributed by atoms with Crippen LogP contribution in [0.4, 0.5) is 0 Å². The van der Waals surface area contributed by atoms with Crippen LogP contribution in [0.3, 0.4) is 0 Å². The van der Waals surface area contributed by atoms with Gasteiger partial charge in [-0.05, 0) is 32.8 Å². The summed E-state index contributed by atoms with van der Waals surface area (Å²) in [6.07, 6.45) is 1.24. The van der Waals surface area contributed by atoms with Crippen molar-refractivity contribution in [2.24, 2.45) is 0 Å². The van der Waals surface area contributed by atoms with Gasteiger partial charge in [0.2, 0.25) is 5.91 Å². The molecular formula is C11H16NNaO4. The van der Waals surface area contributed by atoms with Gasteiger partial charge in [-0.2, -0.15) is 0 Å². The maximum absolute atomic E-state index is 11.6. The zero-order chi connectivity index (χ0) is 12.8. The van der Waals surface area contributed by atoms with E-state index in [0.717, 1.165) is 6.08 Å². The summed E-state index contributed by atoms with van der Waals surface area (Å²) < 4.78 is 0. The fourth-order valence-corrected chi connectivity index (χ4v) is 1.13. The molecule has 0 atom stereocenters. The van der Waals surface area contributed by atoms with Crippen LogP contribution in [-0.2, 0) is 14.4 Å². The van der Waals surface area contributed by atoms with Crippen molar-refractivity contribution in [3.05, 3.63) is 12.7 Å². The van der Waals surface area contributed by atoms with E-state index in [1.807, 2.05) is 0 Å². The summed E-state index contributed by atoms with van der Waals surface area (Å²) in [4.78, 5) is 32.8. The van der Waals surface area contributed by atoms with E-state index in [1.165, 1.54) is 0 Å². The van der Waals surface area contributed by atoms with E-state index in [2.05, 4.69) is 11.9 Å². The molecule has 0 rings (SSSR count). The van der Waals surface area contributed by atoms with Crippen molar-refractivity contribution in [3.8, 4) is 0 Å². The topological polar surface area (TPSA) is 86.3 Å². The largest absolute Gasteiger partial charge is 1.00 e. The zero-order valence-electron chi connectivity index (χ0n) is 10.5. The van der Waals surface area contributed by atoms with Crippen molar-refractivity contribution < 1.29 is 49.0 Å². The summed E-state index contributed by atoms with van der Waals surface area (Å²) >= 11 is 0. The van der Waals surface area contributed by atoms with E-state index in [4.69, 9.17) is 0 Å². The molecule has 1 N–H and O–H groups in total. The first kappa shape index (κ1) is 18.7. The molecule has 0 aliphatic heterocycles. The summed E-state index contributed by atoms with van der Waals surface area (Å²) in [6.45, 7) is 6.41. The number of hydrogen-bond acceptors (Lipinski definition) is 4. The van der Waals surface area contributed by atoms with E-state index in [1.54, 1.807) is 13.8 Å². The minimum atomic E-state index is -1.18. The van der Waals surface area contributed by atoms with Crippen LogP contribution in [0.2, 0.25) is 0 Å². The van der Waals surface area contributed by atoms with E-state index in [9.17, 15) is 19.5 Å². The molecule has 0 bridgehead atoms. The number of rotatable bonds is 7. The summed E-state index contributed by atoms with van der Waals surface area (Å²) in [5, 5.41) is 12.6. The van der Waals surface area contributed by atoms with Crippen LogP contribution in [-0.4, -0.2) is 23.2 Å². The molecule has 0 saturated carbocycles. The standard InChI is InChI=1S/C11H17NO4.Na/c1-4-9(14)12-11(2,3)8(13)6-5-7-10(15)16;/h4H,1,5-7H2,2-3H3,(H,12,14)(H,15,16);/q;+1/p-1. The minimum Gasteiger partial charge on any atom is -0.550 e. The maximum atomic E-state index is 11.6. The first-order valence-electron chi connectivity index (χ1n) is 4.97. The number of hydrogen-bond donors (Lipinski definition) is 1. The van der Waals surface area contributed by atoms with Crippen molar-refractivity contribution in [1.82, 2.24) is 5.32 Å². The zero-order valence-corrected chi connectivity index (χ0v) is 12.5. The van der Waals surface area contributed by atoms with E-state index < -0.39 is 17.4 Å². The maximum Gasteiger partial charge on any atom is 1.00 e. The van der Waals surface area contributed by atoms with Crippen molar-refractivity contribution in [2.75, 3.05) is 0 Å². The van der Waals surface area contributed by atoms with Crippen molar-refractivity contribution >= 4 is 17.7 Å². The first-order valence-corrected chi connectivity index (χ1v) is 4.97. The summed E-state index contributed by atoms with van der Waals surface area (Å²) in [7, 11) is 0. The Balaban J connectivity index is 0. The van der Waals surface area contributed by atoms with Crippen molar-refractivity contribution in [1.29, 1.82) is 0 Å². The molecule has 0 heterocycles. The van der Waals surface area contributed by atoms with E-state index >= 15 is 0 Å². The molecule has 0 aliphatic carbocycles. The molecule has 0 aromatic heterocycles. The monoisotopic (exact) mass is 249 g/mol. The average molecular weight is 249 g/mol. The molecule has 0 fully saturated rings. The molecule has 0 unspecified atom stereocenters. The van der Waals surface area contributed by atoms with Gasteiger partial charge >= 0.3 is 29.6 Å². The number of carboxylic acids is 1. The van der Waals surface area contributed by atoms with Crippen LogP contribution < -0.4 is 40.0 Å². The number of ketones is 1. The molecule has 0 saturated heterocycles.